The van der Waals surface area contributed by atoms with Crippen LogP contribution in [0.2, 0.25) is 0 Å². The number of carboxylic acids is 1. The molecule has 0 aliphatic carbocycles. The third-order valence-corrected chi connectivity index (χ3v) is 8.42. The summed E-state index contributed by atoms with van der Waals surface area (Å²) >= 11 is 13.0. The molecule has 0 aliphatic rings. The molecule has 0 saturated carbocycles. The van der Waals surface area contributed by atoms with Crippen molar-refractivity contribution >= 4 is 81.8 Å². The summed E-state index contributed by atoms with van der Waals surface area (Å²) in [7, 11) is 1.58. The van der Waals surface area contributed by atoms with Gasteiger partial charge in [0.2, 0.25) is 0 Å². The van der Waals surface area contributed by atoms with Crippen molar-refractivity contribution in [3.05, 3.63) is 52.6 Å². The van der Waals surface area contributed by atoms with Gasteiger partial charge in [0.1, 0.15) is 6.61 Å². The number of ether oxygens (including phenoxy) is 3. The standard InChI is InChI=1S/C19H20Br4N2O7/c1-10(32-8-7-31-6-5-30-2)3-4-11(9-24-29)25-18(26)12-13(19(27)28)15(21)17(23)16(22)14(12)20/h3-4,9,29H,5-8H2,1-2H3,(H,25,26)(H,27,28)/b10-3+,11-4+,24-9+. The molecule has 13 heteroatoms. The second-order valence-corrected chi connectivity index (χ2v) is 9.03. The predicted molar refractivity (Wildman–Crippen MR) is 132 cm³/mol. The van der Waals surface area contributed by atoms with Gasteiger partial charge < -0.3 is 29.8 Å². The van der Waals surface area contributed by atoms with Gasteiger partial charge in [-0.15, -0.1) is 0 Å². The highest BCUT2D eigenvalue weighted by molar-refractivity contribution is 9.15. The molecule has 0 heterocycles. The molecule has 176 valence electrons. The lowest BCUT2D eigenvalue weighted by molar-refractivity contribution is 0.0418. The summed E-state index contributed by atoms with van der Waals surface area (Å²) in [4.78, 5) is 24.7. The van der Waals surface area contributed by atoms with Gasteiger partial charge in [-0.1, -0.05) is 5.16 Å². The molecule has 0 atom stereocenters. The normalized spacial score (nSPS) is 12.3. The van der Waals surface area contributed by atoms with Crippen molar-refractivity contribution in [3.63, 3.8) is 0 Å². The molecule has 0 aromatic heterocycles. The van der Waals surface area contributed by atoms with Crippen molar-refractivity contribution in [3.8, 4) is 0 Å². The molecule has 0 bridgehead atoms. The first-order valence-corrected chi connectivity index (χ1v) is 12.0. The summed E-state index contributed by atoms with van der Waals surface area (Å²) in [6.45, 7) is 3.34. The Bertz CT molecular complexity index is 933. The van der Waals surface area contributed by atoms with Crippen molar-refractivity contribution in [2.75, 3.05) is 33.5 Å². The number of methoxy groups -OCH3 is 1. The van der Waals surface area contributed by atoms with Crippen LogP contribution in [0, 0.1) is 0 Å². The minimum absolute atomic E-state index is 0.0928. The molecule has 1 rings (SSSR count). The molecular formula is C19H20Br4N2O7. The lowest BCUT2D eigenvalue weighted by Crippen LogP contribution is -2.26. The number of allylic oxidation sites excluding steroid dienone is 4. The predicted octanol–water partition coefficient (Wildman–Crippen LogP) is 5.09. The van der Waals surface area contributed by atoms with E-state index in [1.165, 1.54) is 6.08 Å². The Labute approximate surface area is 218 Å². The Balaban J connectivity index is 3.04. The van der Waals surface area contributed by atoms with Crippen LogP contribution >= 0.6 is 63.7 Å². The molecule has 1 aromatic carbocycles. The number of carbonyl (C=O) groups is 2. The Kier molecular flexibility index (Phi) is 13.3. The molecule has 9 nitrogen and oxygen atoms in total. The Morgan fingerprint density at radius 1 is 0.969 bits per heavy atom. The van der Waals surface area contributed by atoms with Gasteiger partial charge in [-0.25, -0.2) is 4.79 Å². The number of hydrogen-bond donors (Lipinski definition) is 3. The fraction of sp³-hybridized carbons (Fsp3) is 0.316. The number of nitrogens with zero attached hydrogens (tertiary/aromatic N) is 1. The lowest BCUT2D eigenvalue weighted by atomic mass is 10.1. The molecule has 0 aliphatic heterocycles. The Hall–Kier alpha value is -1.25. The van der Waals surface area contributed by atoms with E-state index in [1.54, 1.807) is 20.1 Å². The molecular weight excluding hydrogens is 688 g/mol. The monoisotopic (exact) mass is 704 g/mol. The van der Waals surface area contributed by atoms with Crippen molar-refractivity contribution in [2.24, 2.45) is 5.16 Å². The summed E-state index contributed by atoms with van der Waals surface area (Å²) in [5.41, 5.74) is -0.301. The minimum Gasteiger partial charge on any atom is -0.496 e. The van der Waals surface area contributed by atoms with E-state index < -0.39 is 11.9 Å². The topological polar surface area (TPSA) is 127 Å². The SMILES string of the molecule is COCCOCCO/C(C)=C/C=C(\C=N\O)NC(=O)c1c(Br)c(Br)c(Br)c(Br)c1C(=O)O. The van der Waals surface area contributed by atoms with Crippen LogP contribution in [-0.4, -0.2) is 61.9 Å². The van der Waals surface area contributed by atoms with Gasteiger partial charge in [0, 0.05) is 25.0 Å². The molecule has 0 radical (unpaired) electrons. The fourth-order valence-corrected chi connectivity index (χ4v) is 4.65. The van der Waals surface area contributed by atoms with Crippen molar-refractivity contribution in [2.45, 2.75) is 6.92 Å². The minimum atomic E-state index is -1.31. The first kappa shape index (κ1) is 28.8. The number of oxime groups is 1. The van der Waals surface area contributed by atoms with Crippen molar-refractivity contribution in [1.82, 2.24) is 5.32 Å². The zero-order chi connectivity index (χ0) is 24.3. The van der Waals surface area contributed by atoms with E-state index in [9.17, 15) is 14.7 Å². The van der Waals surface area contributed by atoms with E-state index in [4.69, 9.17) is 19.4 Å². The average Bonchev–Trinajstić information content (AvgIpc) is 2.75. The number of aromatic carboxylic acids is 1. The summed E-state index contributed by atoms with van der Waals surface area (Å²) in [6.07, 6.45) is 3.98. The molecule has 0 spiro atoms. The van der Waals surface area contributed by atoms with E-state index >= 15 is 0 Å². The largest absolute Gasteiger partial charge is 0.496 e. The van der Waals surface area contributed by atoms with Crippen LogP contribution in [-0.2, 0) is 14.2 Å². The second kappa shape index (κ2) is 14.8. The van der Waals surface area contributed by atoms with E-state index in [-0.39, 0.29) is 25.8 Å². The average molecular weight is 708 g/mol. The second-order valence-electron chi connectivity index (χ2n) is 5.86. The highest BCUT2D eigenvalue weighted by atomic mass is 79.9. The van der Waals surface area contributed by atoms with E-state index in [1.807, 2.05) is 0 Å². The van der Waals surface area contributed by atoms with E-state index in [0.717, 1.165) is 6.21 Å². The van der Waals surface area contributed by atoms with E-state index in [2.05, 4.69) is 74.2 Å². The summed E-state index contributed by atoms with van der Waals surface area (Å²) in [5.74, 6) is -1.54. The summed E-state index contributed by atoms with van der Waals surface area (Å²) < 4.78 is 16.9. The maximum atomic E-state index is 12.9. The van der Waals surface area contributed by atoms with Crippen molar-refractivity contribution in [1.29, 1.82) is 0 Å². The number of carbonyl (C=O) groups excluding carboxylic acids is 1. The number of amides is 1. The number of halogens is 4. The van der Waals surface area contributed by atoms with E-state index in [0.29, 0.717) is 41.1 Å². The number of benzene rings is 1. The molecule has 0 fully saturated rings. The van der Waals surface area contributed by atoms with Crippen molar-refractivity contribution < 1.29 is 34.1 Å². The first-order valence-electron chi connectivity index (χ1n) is 8.81. The van der Waals surface area contributed by atoms with Crippen LogP contribution in [0.1, 0.15) is 27.6 Å². The van der Waals surface area contributed by atoms with Crippen LogP contribution in [0.3, 0.4) is 0 Å². The Morgan fingerprint density at radius 3 is 2.12 bits per heavy atom. The fourth-order valence-electron chi connectivity index (χ4n) is 2.18. The smallest absolute Gasteiger partial charge is 0.337 e. The third kappa shape index (κ3) is 8.60. The number of hydrogen-bond acceptors (Lipinski definition) is 7. The molecule has 32 heavy (non-hydrogen) atoms. The number of rotatable bonds is 12. The van der Waals surface area contributed by atoms with Crippen LogP contribution in [0.15, 0.2) is 46.7 Å². The quantitative estimate of drug-likeness (QED) is 0.0404. The number of carboxylic acid groups (broad SMARTS) is 1. The van der Waals surface area contributed by atoms with Gasteiger partial charge in [-0.05, 0) is 82.8 Å². The van der Waals surface area contributed by atoms with Crippen LogP contribution in [0.5, 0.6) is 0 Å². The van der Waals surface area contributed by atoms with Gasteiger partial charge in [0.15, 0.2) is 0 Å². The maximum Gasteiger partial charge on any atom is 0.337 e. The van der Waals surface area contributed by atoms with Gasteiger partial charge in [-0.2, -0.15) is 0 Å². The highest BCUT2D eigenvalue weighted by Crippen LogP contribution is 2.42. The lowest BCUT2D eigenvalue weighted by Gasteiger charge is -2.15. The third-order valence-electron chi connectivity index (χ3n) is 3.65. The zero-order valence-corrected chi connectivity index (χ0v) is 23.3. The molecule has 1 amide bonds. The summed E-state index contributed by atoms with van der Waals surface area (Å²) in [6, 6.07) is 0. The number of nitrogens with one attached hydrogen (secondary N) is 1. The van der Waals surface area contributed by atoms with Gasteiger partial charge >= 0.3 is 5.97 Å². The molecule has 0 saturated heterocycles. The zero-order valence-electron chi connectivity index (χ0n) is 17.0. The maximum absolute atomic E-state index is 12.9. The van der Waals surface area contributed by atoms with Gasteiger partial charge in [-0.3, -0.25) is 4.79 Å². The highest BCUT2D eigenvalue weighted by Gasteiger charge is 2.28. The molecule has 3 N–H and O–H groups in total. The van der Waals surface area contributed by atoms with Crippen LogP contribution < -0.4 is 5.32 Å². The van der Waals surface area contributed by atoms with Gasteiger partial charge in [0.05, 0.1) is 48.6 Å². The Morgan fingerprint density at radius 2 is 1.56 bits per heavy atom. The van der Waals surface area contributed by atoms with Crippen LogP contribution in [0.25, 0.3) is 0 Å². The van der Waals surface area contributed by atoms with Crippen LogP contribution in [0.4, 0.5) is 0 Å². The van der Waals surface area contributed by atoms with Gasteiger partial charge in [0.25, 0.3) is 5.91 Å². The first-order chi connectivity index (χ1) is 15.1. The molecule has 1 aromatic rings. The molecule has 0 unspecified atom stereocenters. The summed E-state index contributed by atoms with van der Waals surface area (Å²) in [5, 5.41) is 24.0.